The summed E-state index contributed by atoms with van der Waals surface area (Å²) in [7, 11) is -1.18. The molecule has 4 aromatic carbocycles. The molecule has 1 amide bonds. The predicted molar refractivity (Wildman–Crippen MR) is 145 cm³/mol. The number of nitrogens with zero attached hydrogens (tertiary/aromatic N) is 1. The lowest BCUT2D eigenvalue weighted by Crippen LogP contribution is -2.38. The Morgan fingerprint density at radius 2 is 1.65 bits per heavy atom. The van der Waals surface area contributed by atoms with Crippen molar-refractivity contribution < 1.29 is 22.7 Å². The van der Waals surface area contributed by atoms with Gasteiger partial charge < -0.3 is 14.8 Å². The number of carbonyl (C=O) groups excluding carboxylic acids is 1. The van der Waals surface area contributed by atoms with Gasteiger partial charge in [0.2, 0.25) is 5.91 Å². The van der Waals surface area contributed by atoms with Crippen LogP contribution in [0.2, 0.25) is 0 Å². The summed E-state index contributed by atoms with van der Waals surface area (Å²) in [6.45, 7) is 1.42. The highest BCUT2D eigenvalue weighted by molar-refractivity contribution is 7.92. The van der Waals surface area contributed by atoms with E-state index in [-0.39, 0.29) is 10.6 Å². The van der Waals surface area contributed by atoms with Crippen LogP contribution in [0.25, 0.3) is 10.8 Å². The first-order valence-electron chi connectivity index (χ1n) is 12.0. The van der Waals surface area contributed by atoms with Crippen LogP contribution in [0, 0.1) is 6.92 Å². The van der Waals surface area contributed by atoms with Crippen molar-refractivity contribution in [2.24, 2.45) is 0 Å². The third kappa shape index (κ3) is 4.60. The zero-order chi connectivity index (χ0) is 26.2. The van der Waals surface area contributed by atoms with E-state index in [2.05, 4.69) is 11.4 Å². The molecule has 7 nitrogen and oxygen atoms in total. The van der Waals surface area contributed by atoms with Gasteiger partial charge in [-0.05, 0) is 66.6 Å². The summed E-state index contributed by atoms with van der Waals surface area (Å²) in [5, 5.41) is 5.07. The maximum atomic E-state index is 13.9. The minimum atomic E-state index is -4.12. The van der Waals surface area contributed by atoms with Crippen molar-refractivity contribution in [3.63, 3.8) is 0 Å². The van der Waals surface area contributed by atoms with Crippen LogP contribution in [-0.2, 0) is 27.7 Å². The number of rotatable bonds is 8. The van der Waals surface area contributed by atoms with E-state index in [0.717, 1.165) is 28.1 Å². The molecule has 1 aliphatic carbocycles. The minimum absolute atomic E-state index is 0.0705. The summed E-state index contributed by atoms with van der Waals surface area (Å²) in [5.74, 6) is 0.265. The maximum absolute atomic E-state index is 13.9. The third-order valence-electron chi connectivity index (χ3n) is 6.70. The van der Waals surface area contributed by atoms with Crippen LogP contribution >= 0.6 is 0 Å². The molecule has 0 aliphatic heterocycles. The summed E-state index contributed by atoms with van der Waals surface area (Å²) in [5.41, 5.74) is 4.30. The standard InChI is InChI=1S/C29H28N2O5S/c1-19-7-13-23(14-8-19)37(33,34)31(26-17-22(35-2)12-16-27(26)36-3)18-28(32)30-25-15-11-21-10-9-20-5-4-6-24(25)29(20)21/h4-8,11-17H,9-10,18H2,1-3H3,(H,30,32). The van der Waals surface area contributed by atoms with E-state index in [4.69, 9.17) is 9.47 Å². The summed E-state index contributed by atoms with van der Waals surface area (Å²) in [6, 6.07) is 21.3. The molecule has 8 heteroatoms. The maximum Gasteiger partial charge on any atom is 0.264 e. The van der Waals surface area contributed by atoms with Gasteiger partial charge in [-0.25, -0.2) is 8.42 Å². The number of carbonyl (C=O) groups is 1. The second kappa shape index (κ2) is 9.78. The van der Waals surface area contributed by atoms with E-state index < -0.39 is 22.5 Å². The number of amides is 1. The molecule has 0 radical (unpaired) electrons. The highest BCUT2D eigenvalue weighted by atomic mass is 32.2. The monoisotopic (exact) mass is 516 g/mol. The molecule has 1 N–H and O–H groups in total. The molecule has 0 aromatic heterocycles. The van der Waals surface area contributed by atoms with Gasteiger partial charge in [-0.15, -0.1) is 0 Å². The van der Waals surface area contributed by atoms with E-state index >= 15 is 0 Å². The van der Waals surface area contributed by atoms with Crippen molar-refractivity contribution >= 4 is 38.1 Å². The van der Waals surface area contributed by atoms with Gasteiger partial charge in [-0.1, -0.05) is 42.0 Å². The molecular weight excluding hydrogens is 488 g/mol. The number of nitrogens with one attached hydrogen (secondary N) is 1. The first-order valence-corrected chi connectivity index (χ1v) is 13.4. The highest BCUT2D eigenvalue weighted by Crippen LogP contribution is 2.37. The molecule has 0 atom stereocenters. The van der Waals surface area contributed by atoms with Gasteiger partial charge in [0.25, 0.3) is 10.0 Å². The summed E-state index contributed by atoms with van der Waals surface area (Å²) >= 11 is 0. The fourth-order valence-electron chi connectivity index (χ4n) is 4.80. The normalized spacial score (nSPS) is 12.4. The minimum Gasteiger partial charge on any atom is -0.497 e. The van der Waals surface area contributed by atoms with E-state index in [1.54, 1.807) is 30.3 Å². The number of benzene rings is 4. The van der Waals surface area contributed by atoms with E-state index in [1.165, 1.54) is 42.9 Å². The van der Waals surface area contributed by atoms with Gasteiger partial charge in [0.05, 0.1) is 24.8 Å². The van der Waals surface area contributed by atoms with Crippen molar-refractivity contribution in [3.05, 3.63) is 89.5 Å². The summed E-state index contributed by atoms with van der Waals surface area (Å²) < 4.78 is 39.6. The van der Waals surface area contributed by atoms with Crippen LogP contribution in [0.1, 0.15) is 16.7 Å². The molecule has 0 unspecified atom stereocenters. The first-order chi connectivity index (χ1) is 17.8. The zero-order valence-electron chi connectivity index (χ0n) is 20.9. The average molecular weight is 517 g/mol. The molecule has 0 spiro atoms. The molecule has 0 fully saturated rings. The zero-order valence-corrected chi connectivity index (χ0v) is 21.8. The Morgan fingerprint density at radius 1 is 0.919 bits per heavy atom. The quantitative estimate of drug-likeness (QED) is 0.352. The Bertz CT molecular complexity index is 1590. The third-order valence-corrected chi connectivity index (χ3v) is 8.48. The van der Waals surface area contributed by atoms with Gasteiger partial charge in [0.1, 0.15) is 18.0 Å². The second-order valence-corrected chi connectivity index (χ2v) is 10.9. The number of hydrogen-bond donors (Lipinski definition) is 1. The lowest BCUT2D eigenvalue weighted by molar-refractivity contribution is -0.114. The van der Waals surface area contributed by atoms with Crippen molar-refractivity contribution in [2.75, 3.05) is 30.4 Å². The Balaban J connectivity index is 1.55. The molecule has 0 saturated heterocycles. The largest absolute Gasteiger partial charge is 0.497 e. The molecular formula is C29H28N2O5S. The lowest BCUT2D eigenvalue weighted by Gasteiger charge is -2.26. The van der Waals surface area contributed by atoms with Gasteiger partial charge in [-0.3, -0.25) is 9.10 Å². The fraction of sp³-hybridized carbons (Fsp3) is 0.207. The molecule has 0 bridgehead atoms. The van der Waals surface area contributed by atoms with Crippen LogP contribution < -0.4 is 19.1 Å². The van der Waals surface area contributed by atoms with Gasteiger partial charge in [0.15, 0.2) is 0 Å². The highest BCUT2D eigenvalue weighted by Gasteiger charge is 2.30. The Morgan fingerprint density at radius 3 is 2.35 bits per heavy atom. The van der Waals surface area contributed by atoms with Crippen LogP contribution in [0.4, 0.5) is 11.4 Å². The van der Waals surface area contributed by atoms with E-state index in [1.807, 2.05) is 31.2 Å². The average Bonchev–Trinajstić information content (AvgIpc) is 3.33. The number of anilines is 2. The number of hydrogen-bond acceptors (Lipinski definition) is 5. The topological polar surface area (TPSA) is 84.9 Å². The van der Waals surface area contributed by atoms with Crippen LogP contribution in [-0.4, -0.2) is 35.1 Å². The smallest absolute Gasteiger partial charge is 0.264 e. The second-order valence-electron chi connectivity index (χ2n) is 9.02. The SMILES string of the molecule is COc1ccc(OC)c(N(CC(=O)Nc2ccc3c4c(cccc24)CC3)S(=O)(=O)c2ccc(C)cc2)c1. The van der Waals surface area contributed by atoms with Crippen molar-refractivity contribution in [1.82, 2.24) is 0 Å². The van der Waals surface area contributed by atoms with Gasteiger partial charge in [-0.2, -0.15) is 0 Å². The van der Waals surface area contributed by atoms with Gasteiger partial charge in [0, 0.05) is 17.1 Å². The molecule has 190 valence electrons. The van der Waals surface area contributed by atoms with Crippen molar-refractivity contribution in [2.45, 2.75) is 24.7 Å². The fourth-order valence-corrected chi connectivity index (χ4v) is 6.23. The molecule has 0 heterocycles. The summed E-state index contributed by atoms with van der Waals surface area (Å²) in [4.78, 5) is 13.5. The molecule has 5 rings (SSSR count). The first kappa shape index (κ1) is 24.6. The van der Waals surface area contributed by atoms with Crippen LogP contribution in [0.15, 0.2) is 77.7 Å². The van der Waals surface area contributed by atoms with Crippen LogP contribution in [0.3, 0.4) is 0 Å². The molecule has 37 heavy (non-hydrogen) atoms. The van der Waals surface area contributed by atoms with Crippen molar-refractivity contribution in [1.29, 1.82) is 0 Å². The molecule has 0 saturated carbocycles. The number of aryl methyl sites for hydroxylation is 3. The lowest BCUT2D eigenvalue weighted by atomic mass is 10.0. The van der Waals surface area contributed by atoms with E-state index in [9.17, 15) is 13.2 Å². The van der Waals surface area contributed by atoms with Crippen LogP contribution in [0.5, 0.6) is 11.5 Å². The van der Waals surface area contributed by atoms with Crippen molar-refractivity contribution in [3.8, 4) is 11.5 Å². The number of methoxy groups -OCH3 is 2. The molecule has 1 aliphatic rings. The number of ether oxygens (including phenoxy) is 2. The summed E-state index contributed by atoms with van der Waals surface area (Å²) in [6.07, 6.45) is 1.95. The Hall–Kier alpha value is -4.04. The molecule has 4 aromatic rings. The Kier molecular flexibility index (Phi) is 6.52. The van der Waals surface area contributed by atoms with E-state index in [0.29, 0.717) is 17.2 Å². The van der Waals surface area contributed by atoms with Gasteiger partial charge >= 0.3 is 0 Å². The number of sulfonamides is 1. The predicted octanol–water partition coefficient (Wildman–Crippen LogP) is 5.10. The Labute approximate surface area is 216 Å².